The van der Waals surface area contributed by atoms with E-state index in [4.69, 9.17) is 24.7 Å². The predicted octanol–water partition coefficient (Wildman–Crippen LogP) is 0.431. The lowest BCUT2D eigenvalue weighted by Crippen LogP contribution is -2.62. The van der Waals surface area contributed by atoms with Crippen LogP contribution in [0.2, 0.25) is 0 Å². The Labute approximate surface area is 416 Å². The molecule has 19 atom stereocenters. The molecule has 0 aromatic carbocycles. The smallest absolute Gasteiger partial charge is 0.308 e. The quantitative estimate of drug-likeness (QED) is 0.134. The van der Waals surface area contributed by atoms with E-state index in [2.05, 4.69) is 10.9 Å². The maximum atomic E-state index is 13.7. The molecule has 3 heterocycles. The van der Waals surface area contributed by atoms with Crippen LogP contribution in [0, 0.1) is 23.7 Å². The zero-order valence-corrected chi connectivity index (χ0v) is 41.6. The first kappa shape index (κ1) is 61.3. The Kier molecular flexibility index (Phi) is 26.2. The van der Waals surface area contributed by atoms with Crippen LogP contribution in [0.5, 0.6) is 0 Å². The number of nitrogens with one attached hydrogen (secondary N) is 2. The molecule has 3 aliphatic heterocycles. The second-order valence-electron chi connectivity index (χ2n) is 19.4. The first-order valence-electron chi connectivity index (χ1n) is 24.5. The number of fused-ring (bicyclic) bond motifs is 2. The number of ether oxygens (including phenoxy) is 4. The number of allylic oxidation sites excluding steroid dienone is 12. The predicted molar refractivity (Wildman–Crippen MR) is 260 cm³/mol. The summed E-state index contributed by atoms with van der Waals surface area (Å²) in [6.07, 6.45) is 3.39. The van der Waals surface area contributed by atoms with Gasteiger partial charge in [0.2, 0.25) is 11.8 Å². The molecule has 3 rings (SSSR count). The summed E-state index contributed by atoms with van der Waals surface area (Å²) >= 11 is 0. The van der Waals surface area contributed by atoms with Gasteiger partial charge in [-0.2, -0.15) is 0 Å². The SMILES string of the molecule is CC(C)C(=O)NNC(=O)[C@H]1[C@@H]2C[C@@H](O[C@@H]3O[C@H](C)[C@@H](O)[C@H](N)[C@@H]3O)/C=C/C=C\C=C/C=C\C=C/C=C\C=C/[C@H](C)[C@@H](O)[C@@H](C)[C@H](C)OC(=O)C[C@H](O)C[C@H](O)CC[C@@H](O)[C@H](O)C[C@H](O)C[C@](O)(C[C@@H]1O)O2. The molecule has 0 unspecified atom stereocenters. The molecular weight excluding hydrogens is 927 g/mol. The number of amides is 2. The molecule has 2 amide bonds. The van der Waals surface area contributed by atoms with E-state index >= 15 is 0 Å². The number of hydrogen-bond donors (Lipinski definition) is 13. The highest BCUT2D eigenvalue weighted by molar-refractivity contribution is 5.84. The topological polar surface area (TPSA) is 341 Å². The largest absolute Gasteiger partial charge is 0.462 e. The fraction of sp³-hybridized carbons (Fsp3) is 0.667. The molecule has 2 fully saturated rings. The van der Waals surface area contributed by atoms with E-state index in [0.717, 1.165) is 0 Å². The van der Waals surface area contributed by atoms with Crippen molar-refractivity contribution in [1.82, 2.24) is 10.9 Å². The summed E-state index contributed by atoms with van der Waals surface area (Å²) < 4.78 is 23.6. The lowest BCUT2D eigenvalue weighted by atomic mass is 9.82. The molecule has 0 aliphatic carbocycles. The summed E-state index contributed by atoms with van der Waals surface area (Å²) in [4.78, 5) is 38.8. The molecule has 71 heavy (non-hydrogen) atoms. The number of aliphatic hydroxyl groups is 10. The number of carbonyl (C=O) groups excluding carboxylic acids is 3. The molecule has 20 heteroatoms. The maximum Gasteiger partial charge on any atom is 0.308 e. The van der Waals surface area contributed by atoms with Gasteiger partial charge in [-0.05, 0) is 33.1 Å². The summed E-state index contributed by atoms with van der Waals surface area (Å²) in [5.74, 6) is -7.24. The Morgan fingerprint density at radius 1 is 0.676 bits per heavy atom. The van der Waals surface area contributed by atoms with Crippen molar-refractivity contribution < 1.29 is 84.4 Å². The third kappa shape index (κ3) is 20.8. The van der Waals surface area contributed by atoms with Gasteiger partial charge in [-0.15, -0.1) is 0 Å². The average molecular weight is 1010 g/mol. The van der Waals surface area contributed by atoms with E-state index < -0.39 is 159 Å². The number of hydrogen-bond acceptors (Lipinski definition) is 18. The van der Waals surface area contributed by atoms with E-state index in [1.807, 2.05) is 25.2 Å². The fourth-order valence-electron chi connectivity index (χ4n) is 8.34. The van der Waals surface area contributed by atoms with Crippen molar-refractivity contribution in [2.24, 2.45) is 29.4 Å². The minimum Gasteiger partial charge on any atom is -0.462 e. The van der Waals surface area contributed by atoms with Crippen molar-refractivity contribution in [2.75, 3.05) is 0 Å². The highest BCUT2D eigenvalue weighted by atomic mass is 16.7. The van der Waals surface area contributed by atoms with Crippen LogP contribution in [0.1, 0.15) is 92.9 Å². The van der Waals surface area contributed by atoms with E-state index in [1.165, 1.54) is 13.0 Å². The van der Waals surface area contributed by atoms with Gasteiger partial charge >= 0.3 is 5.97 Å². The molecule has 14 N–H and O–H groups in total. The fourth-order valence-corrected chi connectivity index (χ4v) is 8.34. The Hall–Kier alpha value is -3.97. The molecule has 20 nitrogen and oxygen atoms in total. The van der Waals surface area contributed by atoms with Crippen LogP contribution in [0.15, 0.2) is 85.1 Å². The average Bonchev–Trinajstić information content (AvgIpc) is 3.29. The molecular formula is C51H81N3O17. The summed E-state index contributed by atoms with van der Waals surface area (Å²) in [6, 6.07) is -1.17. The number of esters is 1. The second kappa shape index (κ2) is 30.3. The van der Waals surface area contributed by atoms with Gasteiger partial charge in [0, 0.05) is 43.4 Å². The zero-order valence-electron chi connectivity index (χ0n) is 41.6. The van der Waals surface area contributed by atoms with Crippen molar-refractivity contribution in [3.63, 3.8) is 0 Å². The van der Waals surface area contributed by atoms with E-state index in [0.29, 0.717) is 0 Å². The zero-order chi connectivity index (χ0) is 53.0. The summed E-state index contributed by atoms with van der Waals surface area (Å²) in [5, 5.41) is 110. The van der Waals surface area contributed by atoms with Crippen LogP contribution in [-0.2, 0) is 33.3 Å². The lowest BCUT2D eigenvalue weighted by Gasteiger charge is -2.46. The van der Waals surface area contributed by atoms with Crippen molar-refractivity contribution in [1.29, 1.82) is 0 Å². The van der Waals surface area contributed by atoms with E-state index in [9.17, 15) is 65.4 Å². The highest BCUT2D eigenvalue weighted by Crippen LogP contribution is 2.38. The molecule has 0 aromatic heterocycles. The number of cyclic esters (lactones) is 1. The Bertz CT molecular complexity index is 1860. The molecule has 0 radical (unpaired) electrons. The molecule has 2 bridgehead atoms. The highest BCUT2D eigenvalue weighted by Gasteiger charge is 2.51. The van der Waals surface area contributed by atoms with Crippen LogP contribution < -0.4 is 16.6 Å². The van der Waals surface area contributed by atoms with Gasteiger partial charge in [0.05, 0.1) is 85.5 Å². The third-order valence-corrected chi connectivity index (χ3v) is 12.9. The first-order valence-corrected chi connectivity index (χ1v) is 24.5. The van der Waals surface area contributed by atoms with Crippen molar-refractivity contribution >= 4 is 17.8 Å². The number of nitrogens with two attached hydrogens (primary N) is 1. The minimum atomic E-state index is -2.35. The Morgan fingerprint density at radius 3 is 1.85 bits per heavy atom. The van der Waals surface area contributed by atoms with Crippen LogP contribution >= 0.6 is 0 Å². The van der Waals surface area contributed by atoms with Gasteiger partial charge in [-0.25, -0.2) is 0 Å². The van der Waals surface area contributed by atoms with Gasteiger partial charge in [-0.1, -0.05) is 113 Å². The van der Waals surface area contributed by atoms with Crippen LogP contribution in [0.4, 0.5) is 0 Å². The summed E-state index contributed by atoms with van der Waals surface area (Å²) in [5.41, 5.74) is 10.7. The second-order valence-corrected chi connectivity index (χ2v) is 19.4. The molecule has 3 aliphatic rings. The van der Waals surface area contributed by atoms with Crippen LogP contribution in [0.25, 0.3) is 0 Å². The monoisotopic (exact) mass is 1010 g/mol. The lowest BCUT2D eigenvalue weighted by molar-refractivity contribution is -0.307. The molecule has 0 saturated carbocycles. The maximum absolute atomic E-state index is 13.7. The number of carbonyl (C=O) groups is 3. The Balaban J connectivity index is 1.94. The summed E-state index contributed by atoms with van der Waals surface area (Å²) in [6.45, 7) is 9.94. The molecule has 402 valence electrons. The van der Waals surface area contributed by atoms with Gasteiger partial charge in [0.25, 0.3) is 0 Å². The van der Waals surface area contributed by atoms with E-state index in [1.54, 1.807) is 88.5 Å². The standard InChI is InChI=1S/C51H81N3O17/c1-29(2)48(65)53-54-49(66)43-40(60)28-51(67)27-36(57)24-39(59)38(58)22-21-34(55)23-35(56)25-42(61)68-32(5)31(4)45(62)30(3)19-17-15-13-11-9-7-8-10-12-14-16-18-20-37(26-41(43)71-51)70-50-47(64)44(52)46(63)33(6)69-50/h7-20,29-41,43-47,50,55-60,62-64,67H,21-28,52H2,1-6H3,(H,53,65)(H,54,66)/b8-7-,11-9-,12-10-,15-13-,16-14-,19-17-,20-18+/t30-,31-,32-,33+,34+,35+,36-,37-,38+,39+,40-,41-,43+,44-,45+,46+,47-,50-,51+/m0/s1. The summed E-state index contributed by atoms with van der Waals surface area (Å²) in [7, 11) is 0. The minimum absolute atomic E-state index is 0.117. The van der Waals surface area contributed by atoms with Crippen LogP contribution in [-0.4, -0.2) is 166 Å². The van der Waals surface area contributed by atoms with Crippen molar-refractivity contribution in [2.45, 2.75) is 190 Å². The normalized spacial score (nSPS) is 42.6. The third-order valence-electron chi connectivity index (χ3n) is 12.9. The van der Waals surface area contributed by atoms with Crippen LogP contribution in [0.3, 0.4) is 0 Å². The number of hydrazine groups is 1. The molecule has 0 aromatic rings. The van der Waals surface area contributed by atoms with Gasteiger partial charge in [0.1, 0.15) is 12.2 Å². The Morgan fingerprint density at radius 2 is 1.25 bits per heavy atom. The van der Waals surface area contributed by atoms with Gasteiger partial charge in [-0.3, -0.25) is 25.2 Å². The number of aliphatic hydroxyl groups excluding tert-OH is 9. The molecule has 2 saturated heterocycles. The van der Waals surface area contributed by atoms with Crippen molar-refractivity contribution in [3.05, 3.63) is 85.1 Å². The van der Waals surface area contributed by atoms with Crippen molar-refractivity contribution in [3.8, 4) is 0 Å². The number of rotatable bonds is 4. The first-order chi connectivity index (χ1) is 33.4. The van der Waals surface area contributed by atoms with Gasteiger partial charge in [0.15, 0.2) is 12.1 Å². The molecule has 0 spiro atoms. The van der Waals surface area contributed by atoms with Gasteiger partial charge < -0.3 is 75.7 Å². The van der Waals surface area contributed by atoms with E-state index in [-0.39, 0.29) is 31.6 Å².